The second kappa shape index (κ2) is 9.39. The van der Waals surface area contributed by atoms with E-state index in [-0.39, 0.29) is 18.0 Å². The van der Waals surface area contributed by atoms with Gasteiger partial charge in [-0.2, -0.15) is 17.7 Å². The number of aromatic nitrogens is 1. The summed E-state index contributed by atoms with van der Waals surface area (Å²) in [7, 11) is 0. The third-order valence-corrected chi connectivity index (χ3v) is 4.07. The zero-order valence-corrected chi connectivity index (χ0v) is 16.1. The summed E-state index contributed by atoms with van der Waals surface area (Å²) in [5, 5.41) is 22.5. The molecule has 2 aromatic carbocycles. The molecular formula is C20H18F3N3O5. The monoisotopic (exact) mass is 437 g/mol. The van der Waals surface area contributed by atoms with Crippen molar-refractivity contribution < 1.29 is 42.3 Å². The molecule has 8 nitrogen and oxygen atoms in total. The topological polar surface area (TPSA) is 136 Å². The van der Waals surface area contributed by atoms with E-state index >= 15 is 0 Å². The number of benzene rings is 2. The molecule has 1 atom stereocenters. The first kappa shape index (κ1) is 23.5. The number of amides is 1. The van der Waals surface area contributed by atoms with Gasteiger partial charge in [0.05, 0.1) is 22.9 Å². The Bertz CT molecular complexity index is 1090. The number of rotatable bonds is 4. The number of halogens is 3. The van der Waals surface area contributed by atoms with E-state index in [1.165, 1.54) is 0 Å². The highest BCUT2D eigenvalue weighted by atomic mass is 19.4. The largest absolute Gasteiger partial charge is 0.545 e. The maximum Gasteiger partial charge on any atom is 0.490 e. The molecule has 1 unspecified atom stereocenters. The molecule has 0 saturated heterocycles. The van der Waals surface area contributed by atoms with Crippen LogP contribution in [0.25, 0.3) is 21.8 Å². The van der Waals surface area contributed by atoms with Crippen molar-refractivity contribution in [2.75, 3.05) is 0 Å². The van der Waals surface area contributed by atoms with Gasteiger partial charge < -0.3 is 26.1 Å². The van der Waals surface area contributed by atoms with Gasteiger partial charge in [0, 0.05) is 17.7 Å². The molecule has 0 aliphatic heterocycles. The molecule has 0 spiro atoms. The molecule has 3 rings (SSSR count). The fourth-order valence-electron chi connectivity index (χ4n) is 2.95. The Hall–Kier alpha value is -3.73. The molecule has 1 aromatic heterocycles. The number of hydrogen-bond donors (Lipinski definition) is 3. The quantitative estimate of drug-likeness (QED) is 0.312. The number of carbonyl (C=O) groups excluding carboxylic acids is 2. The van der Waals surface area contributed by atoms with Crippen LogP contribution in [0, 0.1) is 0 Å². The van der Waals surface area contributed by atoms with Gasteiger partial charge in [0.1, 0.15) is 0 Å². The van der Waals surface area contributed by atoms with Crippen LogP contribution in [0.15, 0.2) is 48.5 Å². The van der Waals surface area contributed by atoms with Crippen LogP contribution in [-0.4, -0.2) is 35.3 Å². The lowest BCUT2D eigenvalue weighted by Crippen LogP contribution is -2.48. The van der Waals surface area contributed by atoms with E-state index in [1.54, 1.807) is 60.0 Å². The Balaban J connectivity index is 0.000000423. The Labute approximate surface area is 173 Å². The van der Waals surface area contributed by atoms with Crippen molar-refractivity contribution in [3.8, 4) is 0 Å². The van der Waals surface area contributed by atoms with Crippen LogP contribution < -0.4 is 20.7 Å². The van der Waals surface area contributed by atoms with Gasteiger partial charge >= 0.3 is 12.1 Å². The molecule has 0 radical (unpaired) electrons. The van der Waals surface area contributed by atoms with Crippen molar-refractivity contribution in [3.63, 3.8) is 0 Å². The van der Waals surface area contributed by atoms with E-state index in [2.05, 4.69) is 5.32 Å². The lowest BCUT2D eigenvalue weighted by atomic mass is 10.0. The molecule has 164 valence electrons. The normalized spacial score (nSPS) is 12.0. The van der Waals surface area contributed by atoms with Gasteiger partial charge in [-0.25, -0.2) is 4.79 Å². The summed E-state index contributed by atoms with van der Waals surface area (Å²) in [5.74, 6) is -4.24. The molecule has 0 fully saturated rings. The van der Waals surface area contributed by atoms with Crippen molar-refractivity contribution in [3.05, 3.63) is 54.1 Å². The van der Waals surface area contributed by atoms with E-state index in [0.29, 0.717) is 21.8 Å². The molecule has 3 aromatic rings. The van der Waals surface area contributed by atoms with Crippen molar-refractivity contribution in [1.29, 1.82) is 0 Å². The van der Waals surface area contributed by atoms with Gasteiger partial charge in [-0.15, -0.1) is 0 Å². The van der Waals surface area contributed by atoms with Crippen molar-refractivity contribution >= 4 is 39.7 Å². The highest BCUT2D eigenvalue weighted by Gasteiger charge is 2.38. The van der Waals surface area contributed by atoms with Crippen LogP contribution >= 0.6 is 0 Å². The first-order valence-corrected chi connectivity index (χ1v) is 8.83. The molecule has 1 heterocycles. The number of pyridine rings is 1. The number of carboxylic acids is 2. The van der Waals surface area contributed by atoms with Gasteiger partial charge in [-0.3, -0.25) is 4.79 Å². The van der Waals surface area contributed by atoms with E-state index in [0.717, 1.165) is 0 Å². The van der Waals surface area contributed by atoms with Gasteiger partial charge in [0.25, 0.3) is 5.91 Å². The molecule has 31 heavy (non-hydrogen) atoms. The van der Waals surface area contributed by atoms with Crippen LogP contribution in [0.1, 0.15) is 17.3 Å². The van der Waals surface area contributed by atoms with Gasteiger partial charge in [-0.05, 0) is 19.1 Å². The first-order chi connectivity index (χ1) is 14.4. The summed E-state index contributed by atoms with van der Waals surface area (Å²) in [4.78, 5) is 32.8. The third kappa shape index (κ3) is 5.66. The van der Waals surface area contributed by atoms with E-state index in [4.69, 9.17) is 15.6 Å². The van der Waals surface area contributed by atoms with Crippen LogP contribution in [0.4, 0.5) is 13.2 Å². The van der Waals surface area contributed by atoms with Gasteiger partial charge in [0.15, 0.2) is 0 Å². The standard InChI is InChI=1S/C18H17N3O3.C2HF3O2/c1-11(19)20-16(22)10-21-14-8-4-2-6-12(14)17(18(23)24)13-7-3-5-9-15(13)21;3-2(4,5)1(6)7/h2-9,11H,10,19H2,1H3,(H-,20,22,23,24);(H,6,7). The molecule has 0 aliphatic rings. The summed E-state index contributed by atoms with van der Waals surface area (Å²) in [6, 6.07) is 14.1. The number of nitrogens with one attached hydrogen (secondary N) is 1. The number of carboxylic acid groups (broad SMARTS) is 2. The highest BCUT2D eigenvalue weighted by Crippen LogP contribution is 2.24. The minimum atomic E-state index is -5.08. The zero-order chi connectivity index (χ0) is 23.3. The second-order valence-corrected chi connectivity index (χ2v) is 6.44. The zero-order valence-electron chi connectivity index (χ0n) is 16.1. The number of nitrogens with two attached hydrogens (primary N) is 1. The Kier molecular flexibility index (Phi) is 7.13. The minimum Gasteiger partial charge on any atom is -0.545 e. The summed E-state index contributed by atoms with van der Waals surface area (Å²) in [5.41, 5.74) is 7.04. The number of hydrogen-bond acceptors (Lipinski definition) is 5. The Morgan fingerprint density at radius 1 is 1.06 bits per heavy atom. The number of nitrogens with zero attached hydrogens (tertiary/aromatic N) is 1. The first-order valence-electron chi connectivity index (χ1n) is 8.83. The maximum absolute atomic E-state index is 12.2. The highest BCUT2D eigenvalue weighted by molar-refractivity contribution is 6.11. The second-order valence-electron chi connectivity index (χ2n) is 6.44. The molecule has 0 saturated carbocycles. The number of carbonyl (C=O) groups is 3. The van der Waals surface area contributed by atoms with Crippen molar-refractivity contribution in [2.45, 2.75) is 25.8 Å². The maximum atomic E-state index is 12.2. The summed E-state index contributed by atoms with van der Waals surface area (Å²) in [6.07, 6.45) is -5.54. The van der Waals surface area contributed by atoms with Crippen molar-refractivity contribution in [2.24, 2.45) is 5.73 Å². The van der Waals surface area contributed by atoms with Gasteiger partial charge in [-0.1, -0.05) is 24.3 Å². The van der Waals surface area contributed by atoms with Gasteiger partial charge in [0.2, 0.25) is 17.6 Å². The van der Waals surface area contributed by atoms with E-state index in [9.17, 15) is 27.9 Å². The molecule has 0 aliphatic carbocycles. The summed E-state index contributed by atoms with van der Waals surface area (Å²) >= 11 is 0. The number of aromatic carboxylic acids is 1. The number of aliphatic carboxylic acids is 1. The van der Waals surface area contributed by atoms with Crippen molar-refractivity contribution in [1.82, 2.24) is 5.32 Å². The summed E-state index contributed by atoms with van der Waals surface area (Å²) < 4.78 is 33.5. The van der Waals surface area contributed by atoms with Crippen LogP contribution in [0.5, 0.6) is 0 Å². The summed E-state index contributed by atoms with van der Waals surface area (Å²) in [6.45, 7) is 1.72. The number of para-hydroxylation sites is 2. The average Bonchev–Trinajstić information content (AvgIpc) is 2.66. The van der Waals surface area contributed by atoms with E-state index in [1.807, 2.05) is 0 Å². The number of alkyl halides is 3. The smallest absolute Gasteiger partial charge is 0.490 e. The molecular weight excluding hydrogens is 419 g/mol. The molecule has 1 amide bonds. The predicted molar refractivity (Wildman–Crippen MR) is 101 cm³/mol. The third-order valence-electron chi connectivity index (χ3n) is 4.07. The molecule has 0 bridgehead atoms. The lowest BCUT2D eigenvalue weighted by Gasteiger charge is -2.13. The molecule has 11 heteroatoms. The lowest BCUT2D eigenvalue weighted by molar-refractivity contribution is -0.632. The molecule has 4 N–H and O–H groups in total. The Morgan fingerprint density at radius 3 is 1.84 bits per heavy atom. The average molecular weight is 437 g/mol. The van der Waals surface area contributed by atoms with Crippen LogP contribution in [0.3, 0.4) is 0 Å². The SMILES string of the molecule is CC(N)NC(=O)C[n+]1c2ccccc2c(C(=O)[O-])c2ccccc21.O=C(O)C(F)(F)F. The van der Waals surface area contributed by atoms with Crippen LogP contribution in [-0.2, 0) is 16.1 Å². The van der Waals surface area contributed by atoms with E-state index < -0.39 is 24.3 Å². The fraction of sp³-hybridized carbons (Fsp3) is 0.200. The fourth-order valence-corrected chi connectivity index (χ4v) is 2.95. The number of fused-ring (bicyclic) bond motifs is 2. The predicted octanol–water partition coefficient (Wildman–Crippen LogP) is 0.698. The Morgan fingerprint density at radius 2 is 1.48 bits per heavy atom. The minimum absolute atomic E-state index is 0.0376. The van der Waals surface area contributed by atoms with Crippen LogP contribution in [0.2, 0.25) is 0 Å².